The van der Waals surface area contributed by atoms with Crippen LogP contribution in [0.15, 0.2) is 64.5 Å². The van der Waals surface area contributed by atoms with Gasteiger partial charge in [0.05, 0.1) is 18.6 Å². The summed E-state index contributed by atoms with van der Waals surface area (Å²) < 4.78 is 6.65. The zero-order chi connectivity index (χ0) is 20.2. The van der Waals surface area contributed by atoms with Gasteiger partial charge in [-0.15, -0.1) is 10.2 Å². The molecule has 0 aliphatic carbocycles. The van der Waals surface area contributed by atoms with Gasteiger partial charge in [-0.3, -0.25) is 14.6 Å². The summed E-state index contributed by atoms with van der Waals surface area (Å²) in [7, 11) is 1.54. The zero-order valence-corrected chi connectivity index (χ0v) is 16.1. The molecule has 0 unspecified atom stereocenters. The number of hydrogen-bond donors (Lipinski definition) is 2. The van der Waals surface area contributed by atoms with Crippen LogP contribution in [0.1, 0.15) is 0 Å². The molecule has 0 bridgehead atoms. The summed E-state index contributed by atoms with van der Waals surface area (Å²) in [6, 6.07) is 16.2. The van der Waals surface area contributed by atoms with E-state index in [1.165, 1.54) is 4.52 Å². The van der Waals surface area contributed by atoms with Crippen molar-refractivity contribution in [2.75, 3.05) is 18.2 Å². The molecule has 2 N–H and O–H groups in total. The number of thioether (sulfide) groups is 1. The first-order valence-corrected chi connectivity index (χ1v) is 9.61. The van der Waals surface area contributed by atoms with Gasteiger partial charge in [0.25, 0.3) is 11.3 Å². The number of hydrogen-bond acceptors (Lipinski definition) is 7. The van der Waals surface area contributed by atoms with Crippen molar-refractivity contribution in [3.8, 4) is 17.0 Å². The van der Waals surface area contributed by atoms with Gasteiger partial charge in [0.1, 0.15) is 5.75 Å². The second-order valence-corrected chi connectivity index (χ2v) is 6.87. The van der Waals surface area contributed by atoms with Gasteiger partial charge in [0.15, 0.2) is 5.69 Å². The van der Waals surface area contributed by atoms with E-state index in [-0.39, 0.29) is 28.7 Å². The van der Waals surface area contributed by atoms with E-state index in [2.05, 4.69) is 25.6 Å². The van der Waals surface area contributed by atoms with E-state index >= 15 is 0 Å². The van der Waals surface area contributed by atoms with Crippen LogP contribution < -0.4 is 15.6 Å². The van der Waals surface area contributed by atoms with E-state index in [1.54, 1.807) is 31.4 Å². The largest absolute Gasteiger partial charge is 0.495 e. The maximum Gasteiger partial charge on any atom is 0.279 e. The Bertz CT molecular complexity index is 1220. The quantitative estimate of drug-likeness (QED) is 0.470. The van der Waals surface area contributed by atoms with Crippen LogP contribution in [-0.4, -0.2) is 43.6 Å². The molecule has 1 amide bonds. The number of benzene rings is 2. The second kappa shape index (κ2) is 8.15. The summed E-state index contributed by atoms with van der Waals surface area (Å²) in [6.07, 6.45) is 0. The van der Waals surface area contributed by atoms with Crippen LogP contribution in [0.4, 0.5) is 5.69 Å². The van der Waals surface area contributed by atoms with E-state index in [0.717, 1.165) is 11.8 Å². The van der Waals surface area contributed by atoms with Crippen LogP contribution in [-0.2, 0) is 4.79 Å². The molecule has 0 saturated heterocycles. The Kier molecular flexibility index (Phi) is 5.25. The van der Waals surface area contributed by atoms with Crippen molar-refractivity contribution in [1.82, 2.24) is 24.8 Å². The van der Waals surface area contributed by atoms with Crippen molar-refractivity contribution in [1.29, 1.82) is 0 Å². The third-order valence-electron chi connectivity index (χ3n) is 4.01. The molecule has 0 fully saturated rings. The Balaban J connectivity index is 1.54. The van der Waals surface area contributed by atoms with Crippen LogP contribution in [0.3, 0.4) is 0 Å². The smallest absolute Gasteiger partial charge is 0.279 e. The highest BCUT2D eigenvalue weighted by Crippen LogP contribution is 2.24. The van der Waals surface area contributed by atoms with Gasteiger partial charge < -0.3 is 10.1 Å². The molecular formula is C19H16N6O3S. The van der Waals surface area contributed by atoms with Crippen LogP contribution >= 0.6 is 11.8 Å². The minimum Gasteiger partial charge on any atom is -0.495 e. The second-order valence-electron chi connectivity index (χ2n) is 5.92. The predicted molar refractivity (Wildman–Crippen MR) is 109 cm³/mol. The van der Waals surface area contributed by atoms with Crippen LogP contribution in [0.25, 0.3) is 17.0 Å². The van der Waals surface area contributed by atoms with Gasteiger partial charge >= 0.3 is 0 Å². The molecule has 2 aromatic carbocycles. The number of rotatable bonds is 6. The average molecular weight is 408 g/mol. The number of amides is 1. The number of fused-ring (bicyclic) bond motifs is 1. The highest BCUT2D eigenvalue weighted by Gasteiger charge is 2.15. The highest BCUT2D eigenvalue weighted by molar-refractivity contribution is 7.99. The fourth-order valence-corrected chi connectivity index (χ4v) is 3.36. The van der Waals surface area contributed by atoms with Crippen molar-refractivity contribution >= 4 is 29.1 Å². The molecule has 0 spiro atoms. The summed E-state index contributed by atoms with van der Waals surface area (Å²) in [5.41, 5.74) is 1.15. The first kappa shape index (κ1) is 18.7. The van der Waals surface area contributed by atoms with Crippen molar-refractivity contribution in [3.63, 3.8) is 0 Å². The van der Waals surface area contributed by atoms with E-state index in [4.69, 9.17) is 4.74 Å². The molecule has 4 rings (SSSR count). The Morgan fingerprint density at radius 2 is 1.90 bits per heavy atom. The number of para-hydroxylation sites is 2. The summed E-state index contributed by atoms with van der Waals surface area (Å²) in [4.78, 5) is 27.3. The van der Waals surface area contributed by atoms with Gasteiger partial charge in [-0.05, 0) is 12.1 Å². The minimum atomic E-state index is -0.360. The molecule has 0 saturated carbocycles. The number of carbonyl (C=O) groups excluding carboxylic acids is 1. The van der Waals surface area contributed by atoms with Crippen LogP contribution in [0, 0.1) is 0 Å². The molecule has 0 aliphatic rings. The van der Waals surface area contributed by atoms with E-state index in [0.29, 0.717) is 22.2 Å². The Morgan fingerprint density at radius 1 is 1.14 bits per heavy atom. The Morgan fingerprint density at radius 3 is 2.69 bits per heavy atom. The molecule has 10 heteroatoms. The first-order valence-electron chi connectivity index (χ1n) is 8.62. The average Bonchev–Trinajstić information content (AvgIpc) is 3.14. The fourth-order valence-electron chi connectivity index (χ4n) is 2.68. The maximum atomic E-state index is 12.3. The lowest BCUT2D eigenvalue weighted by molar-refractivity contribution is -0.113. The van der Waals surface area contributed by atoms with Crippen molar-refractivity contribution in [3.05, 3.63) is 65.0 Å². The van der Waals surface area contributed by atoms with Crippen LogP contribution in [0.5, 0.6) is 5.75 Å². The monoisotopic (exact) mass is 408 g/mol. The number of methoxy groups -OCH3 is 1. The molecule has 2 aromatic heterocycles. The van der Waals surface area contributed by atoms with E-state index in [9.17, 15) is 9.59 Å². The van der Waals surface area contributed by atoms with Crippen molar-refractivity contribution < 1.29 is 9.53 Å². The van der Waals surface area contributed by atoms with Crippen molar-refractivity contribution in [2.45, 2.75) is 5.16 Å². The number of carbonyl (C=O) groups is 1. The molecule has 0 aliphatic heterocycles. The van der Waals surface area contributed by atoms with Crippen LogP contribution in [0.2, 0.25) is 0 Å². The lowest BCUT2D eigenvalue weighted by atomic mass is 10.2. The van der Waals surface area contributed by atoms with Crippen molar-refractivity contribution in [2.24, 2.45) is 0 Å². The zero-order valence-electron chi connectivity index (χ0n) is 15.3. The molecule has 9 nitrogen and oxygen atoms in total. The number of ether oxygens (including phenoxy) is 1. The highest BCUT2D eigenvalue weighted by atomic mass is 32.2. The Hall–Kier alpha value is -3.66. The summed E-state index contributed by atoms with van der Waals surface area (Å²) in [5, 5.41) is 15.5. The molecule has 2 heterocycles. The topological polar surface area (TPSA) is 114 Å². The number of H-pyrrole nitrogens is 1. The van der Waals surface area contributed by atoms with Gasteiger partial charge in [-0.2, -0.15) is 9.61 Å². The number of anilines is 1. The summed E-state index contributed by atoms with van der Waals surface area (Å²) in [6.45, 7) is 0. The van der Waals surface area contributed by atoms with E-state index in [1.807, 2.05) is 30.3 Å². The normalized spacial score (nSPS) is 10.8. The number of aromatic nitrogens is 5. The van der Waals surface area contributed by atoms with Gasteiger partial charge in [0.2, 0.25) is 11.1 Å². The van der Waals surface area contributed by atoms with E-state index < -0.39 is 0 Å². The lowest BCUT2D eigenvalue weighted by Crippen LogP contribution is -2.16. The molecule has 4 aromatic rings. The maximum absolute atomic E-state index is 12.3. The van der Waals surface area contributed by atoms with Gasteiger partial charge in [-0.25, -0.2) is 0 Å². The lowest BCUT2D eigenvalue weighted by Gasteiger charge is -2.09. The minimum absolute atomic E-state index is 0.0836. The van der Waals surface area contributed by atoms with Gasteiger partial charge in [0, 0.05) is 5.56 Å². The van der Waals surface area contributed by atoms with Gasteiger partial charge in [-0.1, -0.05) is 54.2 Å². The SMILES string of the molecule is COc1ccccc1NC(=O)CSc1nnc2[nH]c(=O)c(-c3ccccc3)nn12. The third-order valence-corrected chi connectivity index (χ3v) is 4.93. The molecule has 29 heavy (non-hydrogen) atoms. The Labute approximate surface area is 169 Å². The summed E-state index contributed by atoms with van der Waals surface area (Å²) in [5.74, 6) is 0.636. The number of nitrogens with one attached hydrogen (secondary N) is 2. The molecular weight excluding hydrogens is 392 g/mol. The fraction of sp³-hybridized carbons (Fsp3) is 0.105. The number of nitrogens with zero attached hydrogens (tertiary/aromatic N) is 4. The molecule has 0 radical (unpaired) electrons. The molecule has 0 atom stereocenters. The molecule has 146 valence electrons. The third kappa shape index (κ3) is 3.97. The standard InChI is InChI=1S/C19H16N6O3S/c1-28-14-10-6-5-9-13(14)20-15(26)11-29-19-23-22-18-21-17(27)16(24-25(18)19)12-7-3-2-4-8-12/h2-10H,11H2,1H3,(H,20,26)(H,21,22,27). The number of aromatic amines is 1. The predicted octanol–water partition coefficient (Wildman–Crippen LogP) is 2.22. The first-order chi connectivity index (χ1) is 14.2. The summed E-state index contributed by atoms with van der Waals surface area (Å²) >= 11 is 1.16.